The van der Waals surface area contributed by atoms with Gasteiger partial charge in [-0.1, -0.05) is 19.1 Å². The molecule has 152 valence electrons. The number of ether oxygens (including phenoxy) is 1. The van der Waals surface area contributed by atoms with Crippen molar-refractivity contribution in [3.05, 3.63) is 36.0 Å². The van der Waals surface area contributed by atoms with Gasteiger partial charge in [0.2, 0.25) is 5.91 Å². The third-order valence-corrected chi connectivity index (χ3v) is 5.50. The average Bonchev–Trinajstić information content (AvgIpc) is 3.07. The summed E-state index contributed by atoms with van der Waals surface area (Å²) in [5, 5.41) is 4.90. The minimum Gasteiger partial charge on any atom is -0.497 e. The Kier molecular flexibility index (Phi) is 5.79. The fraction of sp³-hybridized carbons (Fsp3) is 0.545. The van der Waals surface area contributed by atoms with Crippen molar-refractivity contribution in [2.75, 3.05) is 13.7 Å². The van der Waals surface area contributed by atoms with Gasteiger partial charge in [-0.25, -0.2) is 0 Å². The number of carbonyl (C=O) groups is 1. The summed E-state index contributed by atoms with van der Waals surface area (Å²) < 4.78 is 7.40. The SMILES string of the molecule is COc1cccc(-c2nn(C(C)(C)C)cc2CN2CCC(C)CC2C(N)=O)c1. The van der Waals surface area contributed by atoms with Gasteiger partial charge in [0.1, 0.15) is 5.75 Å². The van der Waals surface area contributed by atoms with Gasteiger partial charge in [-0.3, -0.25) is 14.4 Å². The average molecular weight is 385 g/mol. The lowest BCUT2D eigenvalue weighted by Gasteiger charge is -2.36. The highest BCUT2D eigenvalue weighted by Crippen LogP contribution is 2.31. The molecule has 0 bridgehead atoms. The van der Waals surface area contributed by atoms with Crippen LogP contribution in [0.4, 0.5) is 0 Å². The molecule has 2 unspecified atom stereocenters. The second-order valence-electron chi connectivity index (χ2n) is 8.87. The molecule has 1 amide bonds. The Bertz CT molecular complexity index is 837. The number of aromatic nitrogens is 2. The van der Waals surface area contributed by atoms with E-state index >= 15 is 0 Å². The quantitative estimate of drug-likeness (QED) is 0.857. The van der Waals surface area contributed by atoms with Gasteiger partial charge in [0, 0.05) is 23.9 Å². The van der Waals surface area contributed by atoms with Gasteiger partial charge in [0.25, 0.3) is 0 Å². The Hall–Kier alpha value is -2.34. The van der Waals surface area contributed by atoms with Crippen LogP contribution in [0.5, 0.6) is 5.75 Å². The number of benzene rings is 1. The van der Waals surface area contributed by atoms with E-state index in [-0.39, 0.29) is 17.5 Å². The van der Waals surface area contributed by atoms with Gasteiger partial charge in [0.15, 0.2) is 0 Å². The molecule has 0 aliphatic carbocycles. The molecule has 1 saturated heterocycles. The zero-order valence-corrected chi connectivity index (χ0v) is 17.6. The number of nitrogens with two attached hydrogens (primary N) is 1. The topological polar surface area (TPSA) is 73.4 Å². The summed E-state index contributed by atoms with van der Waals surface area (Å²) in [6.45, 7) is 10.1. The van der Waals surface area contributed by atoms with Crippen LogP contribution >= 0.6 is 0 Å². The maximum absolute atomic E-state index is 12.0. The first kappa shape index (κ1) is 20.4. The molecule has 1 aliphatic rings. The van der Waals surface area contributed by atoms with Crippen LogP contribution in [-0.2, 0) is 16.9 Å². The van der Waals surface area contributed by atoms with Gasteiger partial charge >= 0.3 is 0 Å². The Morgan fingerprint density at radius 2 is 2.11 bits per heavy atom. The number of amides is 1. The molecule has 1 aliphatic heterocycles. The fourth-order valence-corrected chi connectivity index (χ4v) is 3.78. The molecule has 2 atom stereocenters. The van der Waals surface area contributed by atoms with Crippen molar-refractivity contribution >= 4 is 5.91 Å². The number of primary amides is 1. The molecular weight excluding hydrogens is 352 g/mol. The van der Waals surface area contributed by atoms with Gasteiger partial charge in [0.05, 0.1) is 24.4 Å². The summed E-state index contributed by atoms with van der Waals surface area (Å²) in [4.78, 5) is 14.3. The molecule has 0 spiro atoms. The third kappa shape index (κ3) is 4.38. The monoisotopic (exact) mass is 384 g/mol. The zero-order valence-electron chi connectivity index (χ0n) is 17.6. The van der Waals surface area contributed by atoms with Crippen LogP contribution in [0.1, 0.15) is 46.1 Å². The molecule has 2 heterocycles. The van der Waals surface area contributed by atoms with Crippen LogP contribution in [0.15, 0.2) is 30.5 Å². The van der Waals surface area contributed by atoms with E-state index in [1.807, 2.05) is 28.9 Å². The zero-order chi connectivity index (χ0) is 20.5. The molecule has 6 nitrogen and oxygen atoms in total. The summed E-state index contributed by atoms with van der Waals surface area (Å²) in [7, 11) is 1.67. The molecule has 3 rings (SSSR count). The Balaban J connectivity index is 1.99. The van der Waals surface area contributed by atoms with E-state index in [4.69, 9.17) is 15.6 Å². The van der Waals surface area contributed by atoms with E-state index in [0.717, 1.165) is 42.0 Å². The summed E-state index contributed by atoms with van der Waals surface area (Å²) in [6.07, 6.45) is 3.99. The van der Waals surface area contributed by atoms with Crippen molar-refractivity contribution in [2.24, 2.45) is 11.7 Å². The summed E-state index contributed by atoms with van der Waals surface area (Å²) in [5.41, 5.74) is 8.62. The lowest BCUT2D eigenvalue weighted by molar-refractivity contribution is -0.125. The summed E-state index contributed by atoms with van der Waals surface area (Å²) >= 11 is 0. The second-order valence-corrected chi connectivity index (χ2v) is 8.87. The van der Waals surface area contributed by atoms with Gasteiger partial charge in [-0.15, -0.1) is 0 Å². The number of hydrogen-bond donors (Lipinski definition) is 1. The van der Waals surface area contributed by atoms with Crippen molar-refractivity contribution in [1.29, 1.82) is 0 Å². The Morgan fingerprint density at radius 1 is 1.36 bits per heavy atom. The van der Waals surface area contributed by atoms with Gasteiger partial charge in [-0.05, 0) is 58.2 Å². The molecule has 28 heavy (non-hydrogen) atoms. The van der Waals surface area contributed by atoms with Crippen molar-refractivity contribution in [1.82, 2.24) is 14.7 Å². The van der Waals surface area contributed by atoms with Crippen LogP contribution in [0.25, 0.3) is 11.3 Å². The molecule has 1 aromatic carbocycles. The molecule has 0 radical (unpaired) electrons. The lowest BCUT2D eigenvalue weighted by atomic mass is 9.91. The highest BCUT2D eigenvalue weighted by atomic mass is 16.5. The number of hydrogen-bond acceptors (Lipinski definition) is 4. The first-order chi connectivity index (χ1) is 13.2. The molecule has 0 saturated carbocycles. The van der Waals surface area contributed by atoms with Crippen LogP contribution in [0, 0.1) is 5.92 Å². The highest BCUT2D eigenvalue weighted by Gasteiger charge is 2.31. The molecule has 1 fully saturated rings. The van der Waals surface area contributed by atoms with E-state index in [0.29, 0.717) is 12.5 Å². The van der Waals surface area contributed by atoms with E-state index in [1.165, 1.54) is 0 Å². The minimum atomic E-state index is -0.238. The van der Waals surface area contributed by atoms with Crippen molar-refractivity contribution in [2.45, 2.75) is 58.7 Å². The molecule has 6 heteroatoms. The highest BCUT2D eigenvalue weighted by molar-refractivity contribution is 5.80. The third-order valence-electron chi connectivity index (χ3n) is 5.50. The number of rotatable bonds is 5. The number of methoxy groups -OCH3 is 1. The molecule has 2 aromatic rings. The maximum atomic E-state index is 12.0. The number of likely N-dealkylation sites (tertiary alicyclic amines) is 1. The second kappa shape index (κ2) is 7.95. The first-order valence-electron chi connectivity index (χ1n) is 9.96. The van der Waals surface area contributed by atoms with Crippen molar-refractivity contribution < 1.29 is 9.53 Å². The van der Waals surface area contributed by atoms with Crippen LogP contribution in [-0.4, -0.2) is 40.3 Å². The minimum absolute atomic E-state index is 0.134. The molecule has 1 aromatic heterocycles. The smallest absolute Gasteiger partial charge is 0.234 e. The summed E-state index contributed by atoms with van der Waals surface area (Å²) in [5.74, 6) is 1.08. The van der Waals surface area contributed by atoms with E-state index < -0.39 is 0 Å². The van der Waals surface area contributed by atoms with Crippen LogP contribution in [0.3, 0.4) is 0 Å². The molecule has 2 N–H and O–H groups in total. The van der Waals surface area contributed by atoms with Crippen molar-refractivity contribution in [3.8, 4) is 17.0 Å². The van der Waals surface area contributed by atoms with Crippen molar-refractivity contribution in [3.63, 3.8) is 0 Å². The number of piperidine rings is 1. The maximum Gasteiger partial charge on any atom is 0.234 e. The van der Waals surface area contributed by atoms with E-state index in [2.05, 4.69) is 38.8 Å². The first-order valence-corrected chi connectivity index (χ1v) is 9.96. The van der Waals surface area contributed by atoms with E-state index in [1.54, 1.807) is 7.11 Å². The molecular formula is C22H32N4O2. The van der Waals surface area contributed by atoms with Crippen LogP contribution < -0.4 is 10.5 Å². The van der Waals surface area contributed by atoms with Crippen LogP contribution in [0.2, 0.25) is 0 Å². The Labute approximate surface area is 167 Å². The predicted octanol–water partition coefficient (Wildman–Crippen LogP) is 3.40. The normalized spacial score (nSPS) is 20.9. The lowest BCUT2D eigenvalue weighted by Crippen LogP contribution is -2.49. The van der Waals surface area contributed by atoms with Gasteiger partial charge in [-0.2, -0.15) is 5.10 Å². The summed E-state index contributed by atoms with van der Waals surface area (Å²) in [6, 6.07) is 7.73. The predicted molar refractivity (Wildman–Crippen MR) is 111 cm³/mol. The van der Waals surface area contributed by atoms with Gasteiger partial charge < -0.3 is 10.5 Å². The standard InChI is InChI=1S/C22H32N4O2/c1-15-9-10-25(19(11-15)21(23)27)13-17-14-26(22(2,3)4)24-20(17)16-7-6-8-18(12-16)28-5/h6-8,12,14-15,19H,9-11,13H2,1-5H3,(H2,23,27). The largest absolute Gasteiger partial charge is 0.497 e. The fourth-order valence-electron chi connectivity index (χ4n) is 3.78. The number of carbonyl (C=O) groups excluding carboxylic acids is 1. The number of nitrogens with zero attached hydrogens (tertiary/aromatic N) is 3. The van der Waals surface area contributed by atoms with E-state index in [9.17, 15) is 4.79 Å². The Morgan fingerprint density at radius 3 is 2.75 bits per heavy atom.